The van der Waals surface area contributed by atoms with E-state index < -0.39 is 41.6 Å². The third-order valence-electron chi connectivity index (χ3n) is 3.43. The third kappa shape index (κ3) is 2.10. The summed E-state index contributed by atoms with van der Waals surface area (Å²) in [4.78, 5) is 25.1. The lowest BCUT2D eigenvalue weighted by atomic mass is 10.1. The molecule has 2 aliphatic heterocycles. The average molecular weight is 284 g/mol. The van der Waals surface area contributed by atoms with Gasteiger partial charge in [0, 0.05) is 12.3 Å². The van der Waals surface area contributed by atoms with Crippen molar-refractivity contribution in [3.8, 4) is 0 Å². The highest BCUT2D eigenvalue weighted by Crippen LogP contribution is 2.42. The van der Waals surface area contributed by atoms with E-state index in [1.54, 1.807) is 13.8 Å². The Hall–Kier alpha value is -1.48. The Kier molecular flexibility index (Phi) is 3.05. The molecule has 2 saturated heterocycles. The SMILES string of the molecule is CC1(C)OC2[C@H](CO)O[C@H](n3ccc(=O)[nH]c3=O)[C@@H]2O1. The van der Waals surface area contributed by atoms with Gasteiger partial charge in [-0.2, -0.15) is 0 Å². The van der Waals surface area contributed by atoms with Crippen LogP contribution in [-0.4, -0.2) is 45.4 Å². The number of nitrogens with one attached hydrogen (secondary N) is 1. The summed E-state index contributed by atoms with van der Waals surface area (Å²) >= 11 is 0. The Balaban J connectivity index is 1.98. The van der Waals surface area contributed by atoms with Crippen molar-refractivity contribution < 1.29 is 19.3 Å². The standard InChI is InChI=1S/C12H16N2O6/c1-12(2)19-8-6(5-15)18-10(9(8)20-12)14-4-3-7(16)13-11(14)17/h3-4,6,8-10,15H,5H2,1-2H3,(H,13,16,17)/t6-,8?,9+,10-/m0/s1. The number of aliphatic hydroxyl groups excluding tert-OH is 1. The van der Waals surface area contributed by atoms with Crippen LogP contribution in [0.25, 0.3) is 0 Å². The molecule has 0 spiro atoms. The normalized spacial score (nSPS) is 35.1. The highest BCUT2D eigenvalue weighted by molar-refractivity contribution is 4.98. The number of rotatable bonds is 2. The Morgan fingerprint density at radius 3 is 2.70 bits per heavy atom. The van der Waals surface area contributed by atoms with Crippen molar-refractivity contribution in [1.82, 2.24) is 9.55 Å². The van der Waals surface area contributed by atoms with Gasteiger partial charge in [0.05, 0.1) is 6.61 Å². The van der Waals surface area contributed by atoms with Crippen LogP contribution in [0.1, 0.15) is 20.1 Å². The van der Waals surface area contributed by atoms with E-state index >= 15 is 0 Å². The minimum absolute atomic E-state index is 0.241. The molecule has 1 unspecified atom stereocenters. The summed E-state index contributed by atoms with van der Waals surface area (Å²) in [6.45, 7) is 3.27. The number of H-pyrrole nitrogens is 1. The van der Waals surface area contributed by atoms with E-state index in [1.807, 2.05) is 0 Å². The van der Waals surface area contributed by atoms with E-state index in [4.69, 9.17) is 14.2 Å². The summed E-state index contributed by atoms with van der Waals surface area (Å²) in [5.74, 6) is -0.809. The summed E-state index contributed by atoms with van der Waals surface area (Å²) in [7, 11) is 0. The second-order valence-electron chi connectivity index (χ2n) is 5.33. The van der Waals surface area contributed by atoms with E-state index in [-0.39, 0.29) is 6.61 Å². The molecule has 4 atom stereocenters. The van der Waals surface area contributed by atoms with Crippen molar-refractivity contribution >= 4 is 0 Å². The van der Waals surface area contributed by atoms with Crippen LogP contribution >= 0.6 is 0 Å². The molecule has 3 heterocycles. The molecule has 8 heteroatoms. The molecule has 0 bridgehead atoms. The van der Waals surface area contributed by atoms with Crippen molar-refractivity contribution in [1.29, 1.82) is 0 Å². The smallest absolute Gasteiger partial charge is 0.330 e. The number of aromatic amines is 1. The fourth-order valence-corrected chi connectivity index (χ4v) is 2.66. The largest absolute Gasteiger partial charge is 0.394 e. The predicted octanol–water partition coefficient (Wildman–Crippen LogP) is -1.05. The monoisotopic (exact) mass is 284 g/mol. The van der Waals surface area contributed by atoms with Gasteiger partial charge in [0.1, 0.15) is 18.3 Å². The molecular formula is C12H16N2O6. The number of aromatic nitrogens is 2. The molecular weight excluding hydrogens is 268 g/mol. The molecule has 0 aliphatic carbocycles. The van der Waals surface area contributed by atoms with Gasteiger partial charge in [0.15, 0.2) is 12.0 Å². The molecule has 0 amide bonds. The third-order valence-corrected chi connectivity index (χ3v) is 3.43. The van der Waals surface area contributed by atoms with Gasteiger partial charge in [-0.1, -0.05) is 0 Å². The second kappa shape index (κ2) is 4.52. The summed E-state index contributed by atoms with van der Waals surface area (Å²) in [6.07, 6.45) is -0.962. The van der Waals surface area contributed by atoms with Crippen LogP contribution in [-0.2, 0) is 14.2 Å². The second-order valence-corrected chi connectivity index (χ2v) is 5.33. The summed E-state index contributed by atoms with van der Waals surface area (Å²) in [6, 6.07) is 1.23. The lowest BCUT2D eigenvalue weighted by Crippen LogP contribution is -2.37. The predicted molar refractivity (Wildman–Crippen MR) is 66.1 cm³/mol. The topological polar surface area (TPSA) is 103 Å². The maximum absolute atomic E-state index is 11.8. The van der Waals surface area contributed by atoms with Crippen molar-refractivity contribution in [2.45, 2.75) is 44.2 Å². The van der Waals surface area contributed by atoms with Crippen molar-refractivity contribution in [3.05, 3.63) is 33.1 Å². The molecule has 110 valence electrons. The molecule has 0 radical (unpaired) electrons. The number of ether oxygens (including phenoxy) is 3. The lowest BCUT2D eigenvalue weighted by Gasteiger charge is -2.24. The molecule has 8 nitrogen and oxygen atoms in total. The Bertz CT molecular complexity index is 621. The van der Waals surface area contributed by atoms with Gasteiger partial charge in [-0.15, -0.1) is 0 Å². The van der Waals surface area contributed by atoms with Crippen molar-refractivity contribution in [3.63, 3.8) is 0 Å². The molecule has 3 rings (SSSR count). The fourth-order valence-electron chi connectivity index (χ4n) is 2.66. The number of fused-ring (bicyclic) bond motifs is 1. The Morgan fingerprint density at radius 1 is 1.35 bits per heavy atom. The van der Waals surface area contributed by atoms with Crippen LogP contribution in [0.3, 0.4) is 0 Å². The molecule has 1 aromatic rings. The average Bonchev–Trinajstić information content (AvgIpc) is 2.83. The van der Waals surface area contributed by atoms with Gasteiger partial charge >= 0.3 is 5.69 Å². The maximum atomic E-state index is 11.8. The van der Waals surface area contributed by atoms with Gasteiger partial charge in [-0.3, -0.25) is 14.3 Å². The van der Waals surface area contributed by atoms with Gasteiger partial charge in [0.2, 0.25) is 0 Å². The molecule has 0 saturated carbocycles. The number of hydrogen-bond acceptors (Lipinski definition) is 6. The summed E-state index contributed by atoms with van der Waals surface area (Å²) in [5, 5.41) is 9.36. The zero-order chi connectivity index (χ0) is 14.5. The van der Waals surface area contributed by atoms with Crippen molar-refractivity contribution in [2.75, 3.05) is 6.61 Å². The maximum Gasteiger partial charge on any atom is 0.330 e. The quantitative estimate of drug-likeness (QED) is 0.718. The van der Waals surface area contributed by atoms with E-state index in [9.17, 15) is 14.7 Å². The van der Waals surface area contributed by atoms with Crippen LogP contribution < -0.4 is 11.2 Å². The molecule has 2 N–H and O–H groups in total. The lowest BCUT2D eigenvalue weighted by molar-refractivity contribution is -0.200. The van der Waals surface area contributed by atoms with E-state index in [0.717, 1.165) is 0 Å². The van der Waals surface area contributed by atoms with Crippen LogP contribution in [0.5, 0.6) is 0 Å². The van der Waals surface area contributed by atoms with Crippen LogP contribution in [0.15, 0.2) is 21.9 Å². The van der Waals surface area contributed by atoms with Gasteiger partial charge in [-0.05, 0) is 13.8 Å². The zero-order valence-electron chi connectivity index (χ0n) is 11.1. The Morgan fingerprint density at radius 2 is 2.05 bits per heavy atom. The van der Waals surface area contributed by atoms with Crippen LogP contribution in [0, 0.1) is 0 Å². The van der Waals surface area contributed by atoms with E-state index in [0.29, 0.717) is 0 Å². The minimum Gasteiger partial charge on any atom is -0.394 e. The number of aliphatic hydroxyl groups is 1. The molecule has 20 heavy (non-hydrogen) atoms. The first kappa shape index (κ1) is 13.5. The number of hydrogen-bond donors (Lipinski definition) is 2. The number of nitrogens with zero attached hydrogens (tertiary/aromatic N) is 1. The zero-order valence-corrected chi connectivity index (χ0v) is 11.1. The first-order valence-electron chi connectivity index (χ1n) is 6.35. The Labute approximate surface area is 113 Å². The first-order valence-corrected chi connectivity index (χ1v) is 6.35. The van der Waals surface area contributed by atoms with E-state index in [2.05, 4.69) is 4.98 Å². The molecule has 1 aromatic heterocycles. The van der Waals surface area contributed by atoms with Gasteiger partial charge in [-0.25, -0.2) is 4.79 Å². The van der Waals surface area contributed by atoms with Gasteiger partial charge < -0.3 is 19.3 Å². The van der Waals surface area contributed by atoms with Crippen LogP contribution in [0.4, 0.5) is 0 Å². The first-order chi connectivity index (χ1) is 9.41. The summed E-state index contributed by atoms with van der Waals surface area (Å²) in [5.41, 5.74) is -1.07. The van der Waals surface area contributed by atoms with Gasteiger partial charge in [0.25, 0.3) is 5.56 Å². The highest BCUT2D eigenvalue weighted by Gasteiger charge is 2.55. The van der Waals surface area contributed by atoms with Crippen LogP contribution in [0.2, 0.25) is 0 Å². The molecule has 0 aromatic carbocycles. The minimum atomic E-state index is -0.809. The molecule has 2 aliphatic rings. The summed E-state index contributed by atoms with van der Waals surface area (Å²) < 4.78 is 18.3. The highest BCUT2D eigenvalue weighted by atomic mass is 16.8. The van der Waals surface area contributed by atoms with Crippen molar-refractivity contribution in [2.24, 2.45) is 0 Å². The molecule has 2 fully saturated rings. The van der Waals surface area contributed by atoms with E-state index in [1.165, 1.54) is 16.8 Å². The fraction of sp³-hybridized carbons (Fsp3) is 0.667.